The van der Waals surface area contributed by atoms with Crippen molar-refractivity contribution >= 4 is 0 Å². The first-order valence-corrected chi connectivity index (χ1v) is 7.91. The Hall–Kier alpha value is -1.95. The minimum Gasteiger partial charge on any atom is -0.473 e. The normalized spacial score (nSPS) is 27.1. The van der Waals surface area contributed by atoms with Gasteiger partial charge in [-0.05, 0) is 50.8 Å². The van der Waals surface area contributed by atoms with E-state index in [9.17, 15) is 0 Å². The standard InChI is InChI=1S/C16H21N5O/c1-10-14(9-21(2)20-10)15-3-4-16(19-18-15)22-13-5-11-7-17-8-12(11)6-13/h3-4,9,11-13,17H,5-8H2,1-2H3/t11-,12?,13-/m1/s1. The van der Waals surface area contributed by atoms with Crippen LogP contribution < -0.4 is 10.1 Å². The van der Waals surface area contributed by atoms with Crippen molar-refractivity contribution < 1.29 is 4.74 Å². The van der Waals surface area contributed by atoms with Crippen LogP contribution in [0.25, 0.3) is 11.3 Å². The molecule has 0 amide bonds. The third kappa shape index (κ3) is 2.47. The maximum absolute atomic E-state index is 6.02. The van der Waals surface area contributed by atoms with E-state index in [1.54, 1.807) is 4.68 Å². The van der Waals surface area contributed by atoms with Crippen LogP contribution >= 0.6 is 0 Å². The SMILES string of the molecule is Cc1nn(C)cc1-c1ccc(O[C@H]2CC3CNC[C@H]3C2)nn1. The molecule has 0 bridgehead atoms. The number of ether oxygens (including phenoxy) is 1. The van der Waals surface area contributed by atoms with Gasteiger partial charge < -0.3 is 10.1 Å². The van der Waals surface area contributed by atoms with Gasteiger partial charge in [0.15, 0.2) is 0 Å². The van der Waals surface area contributed by atoms with E-state index in [0.717, 1.165) is 54.7 Å². The molecule has 6 heteroatoms. The highest BCUT2D eigenvalue weighted by Crippen LogP contribution is 2.36. The lowest BCUT2D eigenvalue weighted by atomic mass is 10.0. The van der Waals surface area contributed by atoms with Crippen LogP contribution in [-0.2, 0) is 7.05 Å². The second kappa shape index (κ2) is 5.35. The van der Waals surface area contributed by atoms with Gasteiger partial charge >= 0.3 is 0 Å². The van der Waals surface area contributed by atoms with E-state index in [1.807, 2.05) is 32.3 Å². The molecule has 1 saturated carbocycles. The van der Waals surface area contributed by atoms with E-state index < -0.39 is 0 Å². The van der Waals surface area contributed by atoms with Crippen molar-refractivity contribution in [2.75, 3.05) is 13.1 Å². The molecule has 0 radical (unpaired) electrons. The number of aryl methyl sites for hydroxylation is 2. The van der Waals surface area contributed by atoms with Gasteiger partial charge in [-0.2, -0.15) is 5.10 Å². The zero-order valence-electron chi connectivity index (χ0n) is 13.0. The third-order valence-corrected chi connectivity index (χ3v) is 4.83. The van der Waals surface area contributed by atoms with Gasteiger partial charge in [-0.15, -0.1) is 10.2 Å². The molecule has 2 fully saturated rings. The van der Waals surface area contributed by atoms with E-state index >= 15 is 0 Å². The van der Waals surface area contributed by atoms with Crippen molar-refractivity contribution in [1.82, 2.24) is 25.3 Å². The molecular weight excluding hydrogens is 278 g/mol. The first-order valence-electron chi connectivity index (χ1n) is 7.91. The third-order valence-electron chi connectivity index (χ3n) is 4.83. The maximum atomic E-state index is 6.02. The van der Waals surface area contributed by atoms with Crippen molar-refractivity contribution in [2.24, 2.45) is 18.9 Å². The lowest BCUT2D eigenvalue weighted by Crippen LogP contribution is -2.19. The Labute approximate surface area is 129 Å². The Kier molecular flexibility index (Phi) is 3.33. The first-order chi connectivity index (χ1) is 10.7. The van der Waals surface area contributed by atoms with E-state index in [-0.39, 0.29) is 6.10 Å². The van der Waals surface area contributed by atoms with Gasteiger partial charge in [0.25, 0.3) is 0 Å². The van der Waals surface area contributed by atoms with Crippen LogP contribution in [0.15, 0.2) is 18.3 Å². The number of nitrogens with one attached hydrogen (secondary N) is 1. The molecule has 1 unspecified atom stereocenters. The van der Waals surface area contributed by atoms with Crippen molar-refractivity contribution in [3.63, 3.8) is 0 Å². The van der Waals surface area contributed by atoms with E-state index in [1.165, 1.54) is 0 Å². The largest absolute Gasteiger partial charge is 0.473 e. The highest BCUT2D eigenvalue weighted by Gasteiger charge is 2.38. The zero-order chi connectivity index (χ0) is 15.1. The molecule has 1 aliphatic carbocycles. The molecule has 1 saturated heterocycles. The quantitative estimate of drug-likeness (QED) is 0.932. The number of rotatable bonds is 3. The van der Waals surface area contributed by atoms with Crippen LogP contribution in [0.1, 0.15) is 18.5 Å². The molecule has 1 aliphatic heterocycles. The number of nitrogens with zero attached hydrogens (tertiary/aromatic N) is 4. The van der Waals surface area contributed by atoms with Gasteiger partial charge in [0.1, 0.15) is 6.10 Å². The lowest BCUT2D eigenvalue weighted by molar-refractivity contribution is 0.189. The van der Waals surface area contributed by atoms with Crippen LogP contribution in [0.5, 0.6) is 5.88 Å². The van der Waals surface area contributed by atoms with Crippen LogP contribution in [0.4, 0.5) is 0 Å². The summed E-state index contributed by atoms with van der Waals surface area (Å²) in [4.78, 5) is 0. The Morgan fingerprint density at radius 2 is 1.95 bits per heavy atom. The number of hydrogen-bond donors (Lipinski definition) is 1. The van der Waals surface area contributed by atoms with Crippen molar-refractivity contribution in [3.05, 3.63) is 24.0 Å². The smallest absolute Gasteiger partial charge is 0.233 e. The molecule has 3 atom stereocenters. The summed E-state index contributed by atoms with van der Waals surface area (Å²) in [6.07, 6.45) is 4.51. The Bertz CT molecular complexity index is 654. The van der Waals surface area contributed by atoms with Crippen molar-refractivity contribution in [3.8, 4) is 17.1 Å². The second-order valence-electron chi connectivity index (χ2n) is 6.45. The Balaban J connectivity index is 1.45. The molecule has 0 spiro atoms. The molecular formula is C16H21N5O. The second-order valence-corrected chi connectivity index (χ2v) is 6.45. The highest BCUT2D eigenvalue weighted by atomic mass is 16.5. The summed E-state index contributed by atoms with van der Waals surface area (Å²) in [5.74, 6) is 2.17. The monoisotopic (exact) mass is 299 g/mol. The van der Waals surface area contributed by atoms with Crippen LogP contribution in [-0.4, -0.2) is 39.2 Å². The van der Waals surface area contributed by atoms with Gasteiger partial charge in [0, 0.05) is 24.9 Å². The molecule has 2 aromatic heterocycles. The summed E-state index contributed by atoms with van der Waals surface area (Å²) in [5.41, 5.74) is 2.81. The van der Waals surface area contributed by atoms with Gasteiger partial charge in [0.2, 0.25) is 5.88 Å². The summed E-state index contributed by atoms with van der Waals surface area (Å²) < 4.78 is 7.81. The molecule has 0 aromatic carbocycles. The Morgan fingerprint density at radius 1 is 1.18 bits per heavy atom. The summed E-state index contributed by atoms with van der Waals surface area (Å²) in [5, 5.41) is 16.3. The van der Waals surface area contributed by atoms with Crippen molar-refractivity contribution in [1.29, 1.82) is 0 Å². The molecule has 6 nitrogen and oxygen atoms in total. The summed E-state index contributed by atoms with van der Waals surface area (Å²) >= 11 is 0. The summed E-state index contributed by atoms with van der Waals surface area (Å²) in [6.45, 7) is 4.25. The van der Waals surface area contributed by atoms with E-state index in [2.05, 4.69) is 20.6 Å². The Morgan fingerprint density at radius 3 is 2.55 bits per heavy atom. The number of hydrogen-bond acceptors (Lipinski definition) is 5. The highest BCUT2D eigenvalue weighted by molar-refractivity contribution is 5.60. The van der Waals surface area contributed by atoms with E-state index in [4.69, 9.17) is 4.74 Å². The maximum Gasteiger partial charge on any atom is 0.233 e. The van der Waals surface area contributed by atoms with Crippen LogP contribution in [0, 0.1) is 18.8 Å². The molecule has 3 heterocycles. The fraction of sp³-hybridized carbons (Fsp3) is 0.562. The first kappa shape index (κ1) is 13.7. The molecule has 2 aliphatic rings. The van der Waals surface area contributed by atoms with Crippen LogP contribution in [0.2, 0.25) is 0 Å². The van der Waals surface area contributed by atoms with Gasteiger partial charge in [-0.1, -0.05) is 0 Å². The van der Waals surface area contributed by atoms with Gasteiger partial charge in [-0.3, -0.25) is 4.68 Å². The van der Waals surface area contributed by atoms with Crippen LogP contribution in [0.3, 0.4) is 0 Å². The molecule has 4 rings (SSSR count). The molecule has 22 heavy (non-hydrogen) atoms. The number of aromatic nitrogens is 4. The summed E-state index contributed by atoms with van der Waals surface area (Å²) in [7, 11) is 1.91. The average molecular weight is 299 g/mol. The minimum atomic E-state index is 0.289. The molecule has 1 N–H and O–H groups in total. The molecule has 116 valence electrons. The topological polar surface area (TPSA) is 64.9 Å². The van der Waals surface area contributed by atoms with Crippen molar-refractivity contribution in [2.45, 2.75) is 25.9 Å². The zero-order valence-corrected chi connectivity index (χ0v) is 13.0. The van der Waals surface area contributed by atoms with E-state index in [0.29, 0.717) is 5.88 Å². The lowest BCUT2D eigenvalue weighted by Gasteiger charge is -2.13. The fourth-order valence-corrected chi connectivity index (χ4v) is 3.76. The average Bonchev–Trinajstić information content (AvgIpc) is 3.15. The predicted molar refractivity (Wildman–Crippen MR) is 82.5 cm³/mol. The number of fused-ring (bicyclic) bond motifs is 1. The summed E-state index contributed by atoms with van der Waals surface area (Å²) in [6, 6.07) is 3.88. The predicted octanol–water partition coefficient (Wildman–Crippen LogP) is 1.56. The van der Waals surface area contributed by atoms with Gasteiger partial charge in [0.05, 0.1) is 11.4 Å². The minimum absolute atomic E-state index is 0.289. The van der Waals surface area contributed by atoms with Gasteiger partial charge in [-0.25, -0.2) is 0 Å². The molecule has 2 aromatic rings. The fourth-order valence-electron chi connectivity index (χ4n) is 3.76.